The van der Waals surface area contributed by atoms with E-state index in [4.69, 9.17) is 23.8 Å². The summed E-state index contributed by atoms with van der Waals surface area (Å²) in [7, 11) is 0. The third-order valence-electron chi connectivity index (χ3n) is 2.75. The van der Waals surface area contributed by atoms with Crippen LogP contribution in [-0.4, -0.2) is 28.7 Å². The van der Waals surface area contributed by atoms with Crippen LogP contribution in [0.3, 0.4) is 0 Å². The molecule has 0 aliphatic carbocycles. The van der Waals surface area contributed by atoms with Crippen molar-refractivity contribution in [3.05, 3.63) is 38.3 Å². The molecule has 8 heteroatoms. The summed E-state index contributed by atoms with van der Waals surface area (Å²) in [6.07, 6.45) is 0. The molecule has 1 aliphatic heterocycles. The van der Waals surface area contributed by atoms with Crippen molar-refractivity contribution in [1.29, 1.82) is 0 Å². The van der Waals surface area contributed by atoms with Crippen molar-refractivity contribution in [2.24, 2.45) is 4.99 Å². The summed E-state index contributed by atoms with van der Waals surface area (Å²) in [5.74, 6) is 0.531. The van der Waals surface area contributed by atoms with Gasteiger partial charge in [-0.2, -0.15) is 4.68 Å². The first kappa shape index (κ1) is 12.2. The predicted octanol–water partition coefficient (Wildman–Crippen LogP) is 1.22. The quantitative estimate of drug-likeness (QED) is 0.692. The van der Waals surface area contributed by atoms with Crippen molar-refractivity contribution < 1.29 is 0 Å². The van der Waals surface area contributed by atoms with Gasteiger partial charge >= 0.3 is 0 Å². The highest BCUT2D eigenvalue weighted by Gasteiger charge is 2.10. The van der Waals surface area contributed by atoms with Crippen LogP contribution in [0.4, 0.5) is 0 Å². The van der Waals surface area contributed by atoms with Crippen LogP contribution in [0.5, 0.6) is 0 Å². The number of nitrogens with zero attached hydrogens (tertiary/aromatic N) is 2. The molecule has 0 amide bonds. The number of hydrogen-bond acceptors (Lipinski definition) is 5. The van der Waals surface area contributed by atoms with Crippen molar-refractivity contribution in [2.45, 2.75) is 0 Å². The van der Waals surface area contributed by atoms with Gasteiger partial charge in [-0.05, 0) is 30.4 Å². The molecule has 1 aromatic heterocycles. The van der Waals surface area contributed by atoms with Crippen LogP contribution in [0.25, 0.3) is 10.9 Å². The normalized spacial score (nSPS) is 14.3. The van der Waals surface area contributed by atoms with E-state index in [-0.39, 0.29) is 10.3 Å². The molecule has 0 radical (unpaired) electrons. The lowest BCUT2D eigenvalue weighted by molar-refractivity contribution is 0.857. The molecular formula is C11H10ClN5OS. The molecular weight excluding hydrogens is 286 g/mol. The minimum absolute atomic E-state index is 0.266. The Morgan fingerprint density at radius 3 is 3.05 bits per heavy atom. The number of halogens is 1. The number of aromatic nitrogens is 2. The van der Waals surface area contributed by atoms with Gasteiger partial charge in [0.1, 0.15) is 0 Å². The Labute approximate surface area is 118 Å². The standard InChI is InChI=1S/C11H10ClN5OS/c12-6-1-2-8-7(5-6)9(18)17(11(19)15-8)16-10-13-3-4-14-10/h1-2,5H,3-4H2,(H,15,19)(H2,13,14,16). The van der Waals surface area contributed by atoms with Crippen LogP contribution >= 0.6 is 23.8 Å². The monoisotopic (exact) mass is 295 g/mol. The fourth-order valence-corrected chi connectivity index (χ4v) is 2.28. The maximum absolute atomic E-state index is 12.4. The molecule has 2 aromatic rings. The summed E-state index contributed by atoms with van der Waals surface area (Å²) in [4.78, 5) is 19.5. The van der Waals surface area contributed by atoms with Gasteiger partial charge in [0, 0.05) is 11.6 Å². The second-order valence-electron chi connectivity index (χ2n) is 4.03. The Morgan fingerprint density at radius 1 is 1.47 bits per heavy atom. The molecule has 0 atom stereocenters. The second-order valence-corrected chi connectivity index (χ2v) is 4.85. The van der Waals surface area contributed by atoms with Crippen molar-refractivity contribution >= 4 is 40.7 Å². The lowest BCUT2D eigenvalue weighted by atomic mass is 10.2. The topological polar surface area (TPSA) is 74.2 Å². The predicted molar refractivity (Wildman–Crippen MR) is 78.1 cm³/mol. The summed E-state index contributed by atoms with van der Waals surface area (Å²) >= 11 is 11.1. The molecule has 6 nitrogen and oxygen atoms in total. The van der Waals surface area contributed by atoms with Gasteiger partial charge in [0.25, 0.3) is 5.56 Å². The van der Waals surface area contributed by atoms with Crippen molar-refractivity contribution in [2.75, 3.05) is 18.5 Å². The Morgan fingerprint density at radius 2 is 2.32 bits per heavy atom. The number of nitrogens with one attached hydrogen (secondary N) is 3. The van der Waals surface area contributed by atoms with E-state index in [2.05, 4.69) is 20.7 Å². The van der Waals surface area contributed by atoms with E-state index in [1.54, 1.807) is 18.2 Å². The molecule has 2 heterocycles. The minimum Gasteiger partial charge on any atom is -0.353 e. The Balaban J connectivity index is 2.18. The maximum atomic E-state index is 12.4. The van der Waals surface area contributed by atoms with Crippen molar-refractivity contribution in [3.8, 4) is 0 Å². The number of aromatic amines is 1. The zero-order valence-corrected chi connectivity index (χ0v) is 11.3. The molecule has 3 N–H and O–H groups in total. The third-order valence-corrected chi connectivity index (χ3v) is 3.27. The van der Waals surface area contributed by atoms with Crippen molar-refractivity contribution in [1.82, 2.24) is 15.0 Å². The molecule has 0 unspecified atom stereocenters. The SMILES string of the molecule is O=c1c2cc(Cl)ccc2[nH]c(=S)n1NC1=NCCN1. The van der Waals surface area contributed by atoms with E-state index >= 15 is 0 Å². The third kappa shape index (κ3) is 2.22. The van der Waals surface area contributed by atoms with Gasteiger partial charge in [0.05, 0.1) is 17.4 Å². The molecule has 0 spiro atoms. The van der Waals surface area contributed by atoms with Crippen LogP contribution < -0.4 is 16.3 Å². The zero-order chi connectivity index (χ0) is 13.4. The number of aliphatic imine (C=N–C) groups is 1. The van der Waals surface area contributed by atoms with Gasteiger partial charge in [-0.3, -0.25) is 15.2 Å². The molecule has 1 aliphatic rings. The van der Waals surface area contributed by atoms with E-state index in [9.17, 15) is 4.79 Å². The number of rotatable bonds is 1. The summed E-state index contributed by atoms with van der Waals surface area (Å²) in [6, 6.07) is 5.03. The van der Waals surface area contributed by atoms with Gasteiger partial charge < -0.3 is 10.3 Å². The first-order chi connectivity index (χ1) is 9.15. The molecule has 98 valence electrons. The molecule has 1 aromatic carbocycles. The van der Waals surface area contributed by atoms with Crippen LogP contribution in [0.15, 0.2) is 28.0 Å². The van der Waals surface area contributed by atoms with Crippen LogP contribution in [0.2, 0.25) is 5.02 Å². The second kappa shape index (κ2) is 4.67. The van der Waals surface area contributed by atoms with Crippen LogP contribution in [0, 0.1) is 4.77 Å². The molecule has 19 heavy (non-hydrogen) atoms. The molecule has 3 rings (SSSR count). The van der Waals surface area contributed by atoms with E-state index in [0.29, 0.717) is 28.4 Å². The largest absolute Gasteiger partial charge is 0.353 e. The molecule has 0 saturated heterocycles. The van der Waals surface area contributed by atoms with Gasteiger partial charge in [-0.15, -0.1) is 0 Å². The highest BCUT2D eigenvalue weighted by Crippen LogP contribution is 2.14. The lowest BCUT2D eigenvalue weighted by Gasteiger charge is -2.10. The molecule has 0 saturated carbocycles. The summed E-state index contributed by atoms with van der Waals surface area (Å²) in [5, 5.41) is 3.98. The highest BCUT2D eigenvalue weighted by molar-refractivity contribution is 7.71. The molecule has 0 fully saturated rings. The summed E-state index contributed by atoms with van der Waals surface area (Å²) < 4.78 is 1.52. The number of fused-ring (bicyclic) bond motifs is 1. The molecule has 0 bridgehead atoms. The average molecular weight is 296 g/mol. The Bertz CT molecular complexity index is 794. The van der Waals surface area contributed by atoms with E-state index in [1.165, 1.54) is 4.68 Å². The summed E-state index contributed by atoms with van der Waals surface area (Å²) in [6.45, 7) is 1.42. The fraction of sp³-hybridized carbons (Fsp3) is 0.182. The number of hydrogen-bond donors (Lipinski definition) is 3. The van der Waals surface area contributed by atoms with Crippen molar-refractivity contribution in [3.63, 3.8) is 0 Å². The smallest absolute Gasteiger partial charge is 0.281 e. The van der Waals surface area contributed by atoms with E-state index < -0.39 is 0 Å². The lowest BCUT2D eigenvalue weighted by Crippen LogP contribution is -2.39. The van der Waals surface area contributed by atoms with Crippen LogP contribution in [-0.2, 0) is 0 Å². The van der Waals surface area contributed by atoms with E-state index in [0.717, 1.165) is 6.54 Å². The fourth-order valence-electron chi connectivity index (χ4n) is 1.87. The van der Waals surface area contributed by atoms with E-state index in [1.807, 2.05) is 0 Å². The number of benzene rings is 1. The average Bonchev–Trinajstić information content (AvgIpc) is 2.89. The minimum atomic E-state index is -0.266. The maximum Gasteiger partial charge on any atom is 0.281 e. The van der Waals surface area contributed by atoms with Crippen LogP contribution in [0.1, 0.15) is 0 Å². The number of guanidine groups is 1. The highest BCUT2D eigenvalue weighted by atomic mass is 35.5. The Hall–Kier alpha value is -1.86. The van der Waals surface area contributed by atoms with Gasteiger partial charge in [0.2, 0.25) is 5.96 Å². The first-order valence-electron chi connectivity index (χ1n) is 5.65. The van der Waals surface area contributed by atoms with Gasteiger partial charge in [0.15, 0.2) is 4.77 Å². The summed E-state index contributed by atoms with van der Waals surface area (Å²) in [5.41, 5.74) is 3.24. The first-order valence-corrected chi connectivity index (χ1v) is 6.44. The number of H-pyrrole nitrogens is 1. The Kier molecular flexibility index (Phi) is 3.00. The zero-order valence-electron chi connectivity index (χ0n) is 9.74. The van der Waals surface area contributed by atoms with Gasteiger partial charge in [-0.25, -0.2) is 0 Å². The van der Waals surface area contributed by atoms with Gasteiger partial charge in [-0.1, -0.05) is 11.6 Å².